The van der Waals surface area contributed by atoms with E-state index < -0.39 is 0 Å². The van der Waals surface area contributed by atoms with Crippen LogP contribution in [0.4, 0.5) is 0 Å². The highest BCUT2D eigenvalue weighted by atomic mass is 16.6. The van der Waals surface area contributed by atoms with E-state index >= 15 is 0 Å². The van der Waals surface area contributed by atoms with E-state index in [1.165, 1.54) is 0 Å². The lowest BCUT2D eigenvalue weighted by Gasteiger charge is -2.08. The van der Waals surface area contributed by atoms with Crippen LogP contribution in [-0.2, 0) is 28.8 Å². The predicted molar refractivity (Wildman–Crippen MR) is 324 cm³/mol. The van der Waals surface area contributed by atoms with Gasteiger partial charge in [-0.1, -0.05) is 172 Å². The first-order chi connectivity index (χ1) is 41.1. The molecule has 8 aromatic carbocycles. The highest BCUT2D eigenvalue weighted by molar-refractivity contribution is 5.77. The van der Waals surface area contributed by atoms with E-state index in [9.17, 15) is 28.8 Å². The Labute approximate surface area is 491 Å². The molecule has 12 heteroatoms. The molecule has 0 aliphatic carbocycles. The fraction of sp³-hybridized carbons (Fsp3) is 0.250. The highest BCUT2D eigenvalue weighted by Gasteiger charge is 2.13. The average molecular weight is 1130 g/mol. The number of benzene rings is 8. The standard InChI is InChI=1S/C72H70O12/c73-67(79-61-43-35-55(36-44-61)57-39-47-63(48-40-57)81-69(75)31-15-3-5-17-33-71(77)83-65-27-19-25-59(51-65)53-21-9-7-10-22-53)29-13-1-2-14-30-68(74)80-62-45-37-56(38-46-62)58-41-49-64(50-42-58)82-70(76)32-16-4-6-18-34-72(78)84-66-28-20-26-60(52-66)54-23-11-8-12-24-54/h7-12,19-28,35-52H,1-6,13-18,29-34H2. The summed E-state index contributed by atoms with van der Waals surface area (Å²) >= 11 is 0. The Morgan fingerprint density at radius 2 is 0.393 bits per heavy atom. The molecule has 12 nitrogen and oxygen atoms in total. The lowest BCUT2D eigenvalue weighted by Crippen LogP contribution is -2.08. The third kappa shape index (κ3) is 20.8. The maximum atomic E-state index is 12.6. The van der Waals surface area contributed by atoms with Crippen LogP contribution in [0.2, 0.25) is 0 Å². The first-order valence-corrected chi connectivity index (χ1v) is 29.0. The molecule has 8 aromatic rings. The molecule has 0 spiro atoms. The SMILES string of the molecule is O=C(CCCCCCC(=O)Oc1ccc(-c2ccc(OC(=O)CCCCCCC(=O)Oc3cccc(-c4ccccc4)c3)cc2)cc1)Oc1ccc(-c2ccc(OC(=O)CCCCCCC(=O)Oc3cccc(-c4ccccc4)c3)cc2)cc1. The van der Waals surface area contributed by atoms with Gasteiger partial charge < -0.3 is 28.4 Å². The molecule has 84 heavy (non-hydrogen) atoms. The third-order valence-electron chi connectivity index (χ3n) is 13.9. The Morgan fingerprint density at radius 3 is 0.631 bits per heavy atom. The van der Waals surface area contributed by atoms with Gasteiger partial charge in [-0.05, 0) is 156 Å². The van der Waals surface area contributed by atoms with Crippen LogP contribution in [0.25, 0.3) is 44.5 Å². The van der Waals surface area contributed by atoms with Gasteiger partial charge in [0.05, 0.1) is 0 Å². The zero-order chi connectivity index (χ0) is 58.6. The minimum atomic E-state index is -0.326. The molecule has 0 unspecified atom stereocenters. The molecule has 0 saturated heterocycles. The molecule has 0 amide bonds. The maximum Gasteiger partial charge on any atom is 0.311 e. The van der Waals surface area contributed by atoms with Gasteiger partial charge in [0.15, 0.2) is 0 Å². The minimum absolute atomic E-state index is 0.256. The first kappa shape index (κ1) is 60.7. The minimum Gasteiger partial charge on any atom is -0.427 e. The lowest BCUT2D eigenvalue weighted by molar-refractivity contribution is -0.135. The largest absolute Gasteiger partial charge is 0.427 e. The molecule has 0 aliphatic heterocycles. The molecule has 0 aromatic heterocycles. The second-order valence-corrected chi connectivity index (χ2v) is 20.5. The van der Waals surface area contributed by atoms with Crippen LogP contribution in [0.1, 0.15) is 116 Å². The van der Waals surface area contributed by atoms with Gasteiger partial charge in [-0.25, -0.2) is 0 Å². The topological polar surface area (TPSA) is 158 Å². The molecule has 430 valence electrons. The van der Waals surface area contributed by atoms with Crippen molar-refractivity contribution in [2.75, 3.05) is 0 Å². The molecular formula is C72H70O12. The summed E-state index contributed by atoms with van der Waals surface area (Å²) in [6.07, 6.45) is 10.3. The molecule has 8 rings (SSSR count). The molecule has 0 N–H and O–H groups in total. The van der Waals surface area contributed by atoms with E-state index in [-0.39, 0.29) is 61.5 Å². The van der Waals surface area contributed by atoms with E-state index in [4.69, 9.17) is 28.4 Å². The van der Waals surface area contributed by atoms with Crippen LogP contribution in [0.3, 0.4) is 0 Å². The fourth-order valence-corrected chi connectivity index (χ4v) is 9.37. The van der Waals surface area contributed by atoms with Crippen LogP contribution < -0.4 is 28.4 Å². The van der Waals surface area contributed by atoms with Crippen LogP contribution in [0.15, 0.2) is 206 Å². The van der Waals surface area contributed by atoms with E-state index in [0.717, 1.165) is 83.0 Å². The second kappa shape index (κ2) is 32.9. The summed E-state index contributed by atoms with van der Waals surface area (Å²) in [4.78, 5) is 75.1. The Kier molecular flexibility index (Phi) is 23.7. The normalized spacial score (nSPS) is 10.8. The predicted octanol–water partition coefficient (Wildman–Crippen LogP) is 16.9. The van der Waals surface area contributed by atoms with Gasteiger partial charge in [-0.2, -0.15) is 0 Å². The van der Waals surface area contributed by atoms with Crippen molar-refractivity contribution in [2.45, 2.75) is 116 Å². The molecular weight excluding hydrogens is 1060 g/mol. The van der Waals surface area contributed by atoms with Crippen molar-refractivity contribution in [3.05, 3.63) is 206 Å². The van der Waals surface area contributed by atoms with Gasteiger partial charge in [0.2, 0.25) is 0 Å². The summed E-state index contributed by atoms with van der Waals surface area (Å²) in [6, 6.07) is 63.8. The monoisotopic (exact) mass is 1130 g/mol. The molecule has 0 radical (unpaired) electrons. The maximum absolute atomic E-state index is 12.6. The Bertz CT molecular complexity index is 3150. The average Bonchev–Trinajstić information content (AvgIpc) is 3.62. The zero-order valence-corrected chi connectivity index (χ0v) is 47.3. The second-order valence-electron chi connectivity index (χ2n) is 20.5. The van der Waals surface area contributed by atoms with Crippen LogP contribution in [-0.4, -0.2) is 35.8 Å². The van der Waals surface area contributed by atoms with Crippen molar-refractivity contribution in [1.29, 1.82) is 0 Å². The van der Waals surface area contributed by atoms with E-state index in [2.05, 4.69) is 0 Å². The molecule has 0 atom stereocenters. The number of esters is 6. The molecule has 0 saturated carbocycles. The van der Waals surface area contributed by atoms with Crippen LogP contribution >= 0.6 is 0 Å². The number of carbonyl (C=O) groups excluding carboxylic acids is 6. The van der Waals surface area contributed by atoms with Crippen LogP contribution in [0, 0.1) is 0 Å². The Balaban J connectivity index is 0.617. The summed E-state index contributed by atoms with van der Waals surface area (Å²) in [6.45, 7) is 0. The molecule has 0 aliphatic rings. The number of hydrogen-bond donors (Lipinski definition) is 0. The Hall–Kier alpha value is -9.42. The van der Waals surface area contributed by atoms with Gasteiger partial charge in [0.1, 0.15) is 34.5 Å². The number of ether oxygens (including phenoxy) is 6. The molecule has 0 fully saturated rings. The molecule has 0 heterocycles. The van der Waals surface area contributed by atoms with E-state index in [1.807, 2.05) is 146 Å². The number of rotatable bonds is 31. The van der Waals surface area contributed by atoms with Gasteiger partial charge >= 0.3 is 35.8 Å². The zero-order valence-electron chi connectivity index (χ0n) is 47.3. The summed E-state index contributed by atoms with van der Waals surface area (Å²) in [5, 5.41) is 0. The van der Waals surface area contributed by atoms with Crippen LogP contribution in [0.5, 0.6) is 34.5 Å². The summed E-state index contributed by atoms with van der Waals surface area (Å²) in [5.41, 5.74) is 7.73. The van der Waals surface area contributed by atoms with Gasteiger partial charge in [0.25, 0.3) is 0 Å². The van der Waals surface area contributed by atoms with Crippen molar-refractivity contribution < 1.29 is 57.2 Å². The number of hydrogen-bond acceptors (Lipinski definition) is 12. The van der Waals surface area contributed by atoms with Crippen molar-refractivity contribution in [3.63, 3.8) is 0 Å². The summed E-state index contributed by atoms with van der Waals surface area (Å²) in [5.74, 6) is 1.03. The van der Waals surface area contributed by atoms with Gasteiger partial charge in [-0.15, -0.1) is 0 Å². The van der Waals surface area contributed by atoms with Gasteiger partial charge in [-0.3, -0.25) is 28.8 Å². The van der Waals surface area contributed by atoms with Crippen molar-refractivity contribution in [1.82, 2.24) is 0 Å². The molecule has 0 bridgehead atoms. The van der Waals surface area contributed by atoms with E-state index in [0.29, 0.717) is 85.9 Å². The highest BCUT2D eigenvalue weighted by Crippen LogP contribution is 2.29. The quantitative estimate of drug-likeness (QED) is 0.0230. The lowest BCUT2D eigenvalue weighted by atomic mass is 10.1. The first-order valence-electron chi connectivity index (χ1n) is 29.0. The van der Waals surface area contributed by atoms with Crippen molar-refractivity contribution in [3.8, 4) is 79.0 Å². The summed E-state index contributed by atoms with van der Waals surface area (Å²) in [7, 11) is 0. The van der Waals surface area contributed by atoms with Gasteiger partial charge in [0, 0.05) is 38.5 Å². The Morgan fingerprint density at radius 1 is 0.190 bits per heavy atom. The number of carbonyl (C=O) groups is 6. The number of unbranched alkanes of at least 4 members (excludes halogenated alkanes) is 9. The fourth-order valence-electron chi connectivity index (χ4n) is 9.37. The smallest absolute Gasteiger partial charge is 0.311 e. The van der Waals surface area contributed by atoms with Crippen molar-refractivity contribution in [2.24, 2.45) is 0 Å². The third-order valence-corrected chi connectivity index (χ3v) is 13.9. The van der Waals surface area contributed by atoms with E-state index in [1.54, 1.807) is 60.7 Å². The van der Waals surface area contributed by atoms with Crippen molar-refractivity contribution >= 4 is 35.8 Å². The summed E-state index contributed by atoms with van der Waals surface area (Å²) < 4.78 is 33.4.